The molecular formula is C14H18ClN3S. The number of likely N-dealkylation sites (N-methyl/N-ethyl adjacent to an activating group) is 1. The van der Waals surface area contributed by atoms with Gasteiger partial charge in [-0.1, -0.05) is 42.1 Å². The molecule has 0 saturated heterocycles. The molecule has 1 heterocycles. The highest BCUT2D eigenvalue weighted by molar-refractivity contribution is 7.05. The molecule has 1 aromatic heterocycles. The van der Waals surface area contributed by atoms with Crippen LogP contribution in [-0.4, -0.2) is 16.1 Å². The number of rotatable bonds is 6. The van der Waals surface area contributed by atoms with Crippen LogP contribution >= 0.6 is 23.1 Å². The first-order valence-corrected chi connectivity index (χ1v) is 7.68. The van der Waals surface area contributed by atoms with Crippen LogP contribution in [0.1, 0.15) is 36.0 Å². The number of nitrogens with zero attached hydrogens (tertiary/aromatic N) is 2. The van der Waals surface area contributed by atoms with E-state index in [4.69, 9.17) is 11.6 Å². The number of aryl methyl sites for hydroxylation is 1. The Bertz CT molecular complexity index is 510. The van der Waals surface area contributed by atoms with E-state index in [1.807, 2.05) is 12.1 Å². The monoisotopic (exact) mass is 295 g/mol. The third-order valence-corrected chi connectivity index (χ3v) is 4.17. The Balaban J connectivity index is 2.18. The van der Waals surface area contributed by atoms with Gasteiger partial charge in [0.05, 0.1) is 10.6 Å². The molecule has 0 aliphatic rings. The lowest BCUT2D eigenvalue weighted by Crippen LogP contribution is -2.23. The second-order valence-corrected chi connectivity index (χ2v) is 5.60. The maximum Gasteiger partial charge on any atom is 0.0801 e. The van der Waals surface area contributed by atoms with Crippen molar-refractivity contribution < 1.29 is 0 Å². The van der Waals surface area contributed by atoms with Crippen molar-refractivity contribution in [1.82, 2.24) is 14.9 Å². The quantitative estimate of drug-likeness (QED) is 0.884. The van der Waals surface area contributed by atoms with Crippen molar-refractivity contribution in [2.45, 2.75) is 32.7 Å². The first kappa shape index (κ1) is 14.4. The summed E-state index contributed by atoms with van der Waals surface area (Å²) in [5.74, 6) is 0. The van der Waals surface area contributed by atoms with E-state index in [1.165, 1.54) is 22.0 Å². The topological polar surface area (TPSA) is 37.8 Å². The standard InChI is InChI=1S/C14H18ClN3S/c1-3-12-14(19-18-17-12)13(16-4-2)9-10-5-7-11(15)8-6-10/h5-8,13,16H,3-4,9H2,1-2H3. The lowest BCUT2D eigenvalue weighted by Gasteiger charge is -2.17. The van der Waals surface area contributed by atoms with Gasteiger partial charge in [-0.05, 0) is 48.6 Å². The van der Waals surface area contributed by atoms with Crippen LogP contribution in [-0.2, 0) is 12.8 Å². The molecule has 2 rings (SSSR count). The van der Waals surface area contributed by atoms with Gasteiger partial charge in [0.1, 0.15) is 0 Å². The lowest BCUT2D eigenvalue weighted by atomic mass is 10.0. The van der Waals surface area contributed by atoms with Crippen molar-refractivity contribution in [1.29, 1.82) is 0 Å². The summed E-state index contributed by atoms with van der Waals surface area (Å²) < 4.78 is 4.08. The molecule has 19 heavy (non-hydrogen) atoms. The predicted octanol–water partition coefficient (Wildman–Crippen LogP) is 3.65. The maximum absolute atomic E-state index is 5.92. The smallest absolute Gasteiger partial charge is 0.0801 e. The molecule has 0 aliphatic carbocycles. The highest BCUT2D eigenvalue weighted by atomic mass is 35.5. The second-order valence-electron chi connectivity index (χ2n) is 4.38. The highest BCUT2D eigenvalue weighted by Crippen LogP contribution is 2.25. The summed E-state index contributed by atoms with van der Waals surface area (Å²) in [4.78, 5) is 1.25. The van der Waals surface area contributed by atoms with Crippen LogP contribution in [0.4, 0.5) is 0 Å². The number of aromatic nitrogens is 2. The van der Waals surface area contributed by atoms with E-state index in [-0.39, 0.29) is 6.04 Å². The average molecular weight is 296 g/mol. The minimum atomic E-state index is 0.279. The van der Waals surface area contributed by atoms with E-state index >= 15 is 0 Å². The SMILES string of the molecule is CCNC(Cc1ccc(Cl)cc1)c1snnc1CC. The fraction of sp³-hybridized carbons (Fsp3) is 0.429. The summed E-state index contributed by atoms with van der Waals surface area (Å²) in [5, 5.41) is 8.50. The number of hydrogen-bond donors (Lipinski definition) is 1. The molecule has 0 spiro atoms. The zero-order chi connectivity index (χ0) is 13.7. The Kier molecular flexibility index (Phi) is 5.31. The largest absolute Gasteiger partial charge is 0.309 e. The molecule has 0 saturated carbocycles. The van der Waals surface area contributed by atoms with E-state index in [9.17, 15) is 0 Å². The van der Waals surface area contributed by atoms with Crippen molar-refractivity contribution in [2.24, 2.45) is 0 Å². The molecule has 1 N–H and O–H groups in total. The minimum Gasteiger partial charge on any atom is -0.309 e. The molecular weight excluding hydrogens is 278 g/mol. The van der Waals surface area contributed by atoms with Crippen LogP contribution < -0.4 is 5.32 Å². The Hall–Kier alpha value is -0.970. The Morgan fingerprint density at radius 3 is 2.63 bits per heavy atom. The normalized spacial score (nSPS) is 12.6. The zero-order valence-corrected chi connectivity index (χ0v) is 12.8. The van der Waals surface area contributed by atoms with Gasteiger partial charge < -0.3 is 5.32 Å². The molecule has 5 heteroatoms. The van der Waals surface area contributed by atoms with E-state index in [0.29, 0.717) is 0 Å². The van der Waals surface area contributed by atoms with Gasteiger partial charge in [0.2, 0.25) is 0 Å². The number of nitrogens with one attached hydrogen (secondary N) is 1. The summed E-state index contributed by atoms with van der Waals surface area (Å²) in [6.45, 7) is 5.17. The zero-order valence-electron chi connectivity index (χ0n) is 11.2. The molecule has 102 valence electrons. The summed E-state index contributed by atoms with van der Waals surface area (Å²) in [6, 6.07) is 8.30. The first-order chi connectivity index (χ1) is 9.24. The Labute approximate surface area is 123 Å². The molecule has 2 aromatic rings. The molecule has 0 radical (unpaired) electrons. The fourth-order valence-electron chi connectivity index (χ4n) is 2.09. The van der Waals surface area contributed by atoms with Gasteiger partial charge in [-0.2, -0.15) is 0 Å². The Morgan fingerprint density at radius 2 is 2.00 bits per heavy atom. The number of halogens is 1. The van der Waals surface area contributed by atoms with Crippen LogP contribution in [0.2, 0.25) is 5.02 Å². The van der Waals surface area contributed by atoms with Crippen molar-refractivity contribution in [3.8, 4) is 0 Å². The average Bonchev–Trinajstić information content (AvgIpc) is 2.89. The predicted molar refractivity (Wildman–Crippen MR) is 80.9 cm³/mol. The van der Waals surface area contributed by atoms with Crippen molar-refractivity contribution in [2.75, 3.05) is 6.54 Å². The Morgan fingerprint density at radius 1 is 1.26 bits per heavy atom. The van der Waals surface area contributed by atoms with Crippen molar-refractivity contribution in [3.05, 3.63) is 45.4 Å². The van der Waals surface area contributed by atoms with E-state index in [1.54, 1.807) is 0 Å². The first-order valence-electron chi connectivity index (χ1n) is 6.53. The fourth-order valence-corrected chi connectivity index (χ4v) is 3.02. The van der Waals surface area contributed by atoms with E-state index in [0.717, 1.165) is 30.1 Å². The molecule has 3 nitrogen and oxygen atoms in total. The third kappa shape index (κ3) is 3.75. The lowest BCUT2D eigenvalue weighted by molar-refractivity contribution is 0.553. The summed E-state index contributed by atoms with van der Waals surface area (Å²) in [5.41, 5.74) is 2.37. The van der Waals surface area contributed by atoms with Gasteiger partial charge in [-0.15, -0.1) is 5.10 Å². The van der Waals surface area contributed by atoms with Crippen molar-refractivity contribution in [3.63, 3.8) is 0 Å². The molecule has 0 amide bonds. The maximum atomic E-state index is 5.92. The molecule has 0 fully saturated rings. The molecule has 1 atom stereocenters. The van der Waals surface area contributed by atoms with Gasteiger partial charge in [-0.25, -0.2) is 0 Å². The molecule has 0 bridgehead atoms. The highest BCUT2D eigenvalue weighted by Gasteiger charge is 2.18. The second kappa shape index (κ2) is 6.98. The van der Waals surface area contributed by atoms with Gasteiger partial charge in [-0.3, -0.25) is 0 Å². The van der Waals surface area contributed by atoms with Crippen LogP contribution in [0.25, 0.3) is 0 Å². The van der Waals surface area contributed by atoms with Gasteiger partial charge in [0.25, 0.3) is 0 Å². The van der Waals surface area contributed by atoms with Gasteiger partial charge in [0, 0.05) is 11.1 Å². The summed E-state index contributed by atoms with van der Waals surface area (Å²) in [6.07, 6.45) is 1.86. The number of hydrogen-bond acceptors (Lipinski definition) is 4. The minimum absolute atomic E-state index is 0.279. The van der Waals surface area contributed by atoms with Gasteiger partial charge >= 0.3 is 0 Å². The van der Waals surface area contributed by atoms with Crippen LogP contribution in [0.3, 0.4) is 0 Å². The summed E-state index contributed by atoms with van der Waals surface area (Å²) in [7, 11) is 0. The van der Waals surface area contributed by atoms with Gasteiger partial charge in [0.15, 0.2) is 0 Å². The van der Waals surface area contributed by atoms with Crippen LogP contribution in [0.15, 0.2) is 24.3 Å². The van der Waals surface area contributed by atoms with Crippen LogP contribution in [0.5, 0.6) is 0 Å². The number of benzene rings is 1. The van der Waals surface area contributed by atoms with Crippen molar-refractivity contribution >= 4 is 23.1 Å². The van der Waals surface area contributed by atoms with E-state index < -0.39 is 0 Å². The van der Waals surface area contributed by atoms with E-state index in [2.05, 4.69) is 40.9 Å². The molecule has 1 aromatic carbocycles. The molecule has 0 aliphatic heterocycles. The molecule has 1 unspecified atom stereocenters. The summed E-state index contributed by atoms with van der Waals surface area (Å²) >= 11 is 7.42. The van der Waals surface area contributed by atoms with Crippen LogP contribution in [0, 0.1) is 0 Å². The third-order valence-electron chi connectivity index (χ3n) is 3.04.